The molecule has 4 rings (SSSR count). The van der Waals surface area contributed by atoms with Crippen molar-refractivity contribution in [2.45, 2.75) is 38.5 Å². The SMILES string of the molecule is C=CC1=C(/C=C\C)CC2=C(C=CCC2)C1(c1ccccc1)c1cccc(C)c1. The first-order valence-corrected chi connectivity index (χ1v) is 10.2. The molecule has 0 heteroatoms. The van der Waals surface area contributed by atoms with Gasteiger partial charge in [0.05, 0.1) is 5.41 Å². The average Bonchev–Trinajstić information content (AvgIpc) is 2.73. The number of allylic oxidation sites excluding steroid dienone is 9. The van der Waals surface area contributed by atoms with Gasteiger partial charge in [0.2, 0.25) is 0 Å². The van der Waals surface area contributed by atoms with Crippen LogP contribution in [0.4, 0.5) is 0 Å². The summed E-state index contributed by atoms with van der Waals surface area (Å²) in [5.41, 5.74) is 9.32. The summed E-state index contributed by atoms with van der Waals surface area (Å²) in [7, 11) is 0. The van der Waals surface area contributed by atoms with Crippen molar-refractivity contribution in [1.82, 2.24) is 0 Å². The predicted molar refractivity (Wildman–Crippen MR) is 120 cm³/mol. The molecule has 0 bridgehead atoms. The topological polar surface area (TPSA) is 0 Å². The van der Waals surface area contributed by atoms with Crippen molar-refractivity contribution in [2.24, 2.45) is 0 Å². The van der Waals surface area contributed by atoms with Gasteiger partial charge in [0.15, 0.2) is 0 Å². The summed E-state index contributed by atoms with van der Waals surface area (Å²) < 4.78 is 0. The van der Waals surface area contributed by atoms with Crippen molar-refractivity contribution in [3.05, 3.63) is 131 Å². The molecule has 0 amide bonds. The highest BCUT2D eigenvalue weighted by molar-refractivity contribution is 5.69. The molecule has 0 fully saturated rings. The van der Waals surface area contributed by atoms with Crippen LogP contribution in [-0.2, 0) is 5.41 Å². The second-order valence-corrected chi connectivity index (χ2v) is 7.76. The van der Waals surface area contributed by atoms with Gasteiger partial charge in [0, 0.05) is 0 Å². The molecule has 1 atom stereocenters. The van der Waals surface area contributed by atoms with E-state index in [4.69, 9.17) is 0 Å². The minimum Gasteiger partial charge on any atom is -0.0987 e. The van der Waals surface area contributed by atoms with Crippen LogP contribution in [0.1, 0.15) is 42.9 Å². The molecule has 2 aromatic rings. The van der Waals surface area contributed by atoms with Crippen LogP contribution in [0, 0.1) is 6.92 Å². The highest BCUT2D eigenvalue weighted by Gasteiger charge is 2.44. The van der Waals surface area contributed by atoms with E-state index in [2.05, 4.69) is 105 Å². The van der Waals surface area contributed by atoms with Crippen LogP contribution in [0.3, 0.4) is 0 Å². The zero-order chi connectivity index (χ0) is 19.6. The Morgan fingerprint density at radius 1 is 1.00 bits per heavy atom. The van der Waals surface area contributed by atoms with Crippen LogP contribution < -0.4 is 0 Å². The van der Waals surface area contributed by atoms with E-state index in [1.807, 2.05) is 0 Å². The maximum Gasteiger partial charge on any atom is 0.0703 e. The monoisotopic (exact) mass is 364 g/mol. The Morgan fingerprint density at radius 2 is 1.79 bits per heavy atom. The molecular weight excluding hydrogens is 336 g/mol. The quantitative estimate of drug-likeness (QED) is 0.530. The summed E-state index contributed by atoms with van der Waals surface area (Å²) in [5.74, 6) is 0. The van der Waals surface area contributed by atoms with Gasteiger partial charge in [-0.25, -0.2) is 0 Å². The maximum atomic E-state index is 4.28. The lowest BCUT2D eigenvalue weighted by Gasteiger charge is -2.44. The predicted octanol–water partition coefficient (Wildman–Crippen LogP) is 7.39. The lowest BCUT2D eigenvalue weighted by Crippen LogP contribution is -2.36. The van der Waals surface area contributed by atoms with Crippen molar-refractivity contribution in [1.29, 1.82) is 0 Å². The highest BCUT2D eigenvalue weighted by atomic mass is 14.5. The van der Waals surface area contributed by atoms with E-state index in [1.165, 1.54) is 33.4 Å². The number of hydrogen-bond acceptors (Lipinski definition) is 0. The fraction of sp³-hybridized carbons (Fsp3) is 0.214. The van der Waals surface area contributed by atoms with E-state index in [1.54, 1.807) is 5.57 Å². The molecule has 0 aromatic heterocycles. The van der Waals surface area contributed by atoms with Crippen molar-refractivity contribution in [2.75, 3.05) is 0 Å². The summed E-state index contributed by atoms with van der Waals surface area (Å²) >= 11 is 0. The summed E-state index contributed by atoms with van der Waals surface area (Å²) in [6.45, 7) is 8.57. The molecule has 2 aliphatic carbocycles. The number of hydrogen-bond donors (Lipinski definition) is 0. The molecule has 0 saturated heterocycles. The molecule has 1 unspecified atom stereocenters. The van der Waals surface area contributed by atoms with Crippen LogP contribution in [0.15, 0.2) is 114 Å². The fourth-order valence-electron chi connectivity index (χ4n) is 4.99. The van der Waals surface area contributed by atoms with Crippen LogP contribution in [0.25, 0.3) is 0 Å². The van der Waals surface area contributed by atoms with Gasteiger partial charge in [-0.15, -0.1) is 0 Å². The molecule has 2 aromatic carbocycles. The standard InChI is InChI=1S/C28H28/c1-4-12-22-20-23-14-9-10-18-27(23)28(26(22)5-2,24-15-7-6-8-16-24)25-17-11-13-21(3)19-25/h4-8,10-13,15-19H,2,9,14,20H2,1,3H3/b12-4-. The summed E-state index contributed by atoms with van der Waals surface area (Å²) in [6, 6.07) is 20.0. The van der Waals surface area contributed by atoms with E-state index in [0.717, 1.165) is 19.3 Å². The number of rotatable bonds is 4. The van der Waals surface area contributed by atoms with E-state index in [0.29, 0.717) is 0 Å². The van der Waals surface area contributed by atoms with Crippen LogP contribution >= 0.6 is 0 Å². The van der Waals surface area contributed by atoms with Gasteiger partial charge in [0.25, 0.3) is 0 Å². The minimum absolute atomic E-state index is 0.311. The van der Waals surface area contributed by atoms with Gasteiger partial charge in [-0.1, -0.05) is 103 Å². The zero-order valence-electron chi connectivity index (χ0n) is 16.9. The highest BCUT2D eigenvalue weighted by Crippen LogP contribution is 2.54. The Balaban J connectivity index is 2.16. The lowest BCUT2D eigenvalue weighted by molar-refractivity contribution is 0.674. The molecular formula is C28H28. The molecule has 0 heterocycles. The van der Waals surface area contributed by atoms with E-state index < -0.39 is 0 Å². The Bertz CT molecular complexity index is 1010. The minimum atomic E-state index is -0.311. The van der Waals surface area contributed by atoms with Crippen molar-refractivity contribution >= 4 is 0 Å². The van der Waals surface area contributed by atoms with Gasteiger partial charge >= 0.3 is 0 Å². The largest absolute Gasteiger partial charge is 0.0987 e. The number of benzene rings is 2. The third kappa shape index (κ3) is 2.85. The normalized spacial score (nSPS) is 21.9. The first-order valence-electron chi connectivity index (χ1n) is 10.2. The zero-order valence-corrected chi connectivity index (χ0v) is 16.9. The second kappa shape index (κ2) is 7.64. The summed E-state index contributed by atoms with van der Waals surface area (Å²) in [6.07, 6.45) is 14.5. The van der Waals surface area contributed by atoms with Gasteiger partial charge in [-0.05, 0) is 61.0 Å². The Kier molecular flexibility index (Phi) is 5.05. The summed E-state index contributed by atoms with van der Waals surface area (Å²) in [5, 5.41) is 0. The Morgan fingerprint density at radius 3 is 2.50 bits per heavy atom. The van der Waals surface area contributed by atoms with Gasteiger partial charge in [0.1, 0.15) is 0 Å². The van der Waals surface area contributed by atoms with Gasteiger partial charge in [-0.3, -0.25) is 0 Å². The lowest BCUT2D eigenvalue weighted by atomic mass is 9.58. The molecule has 0 nitrogen and oxygen atoms in total. The molecule has 28 heavy (non-hydrogen) atoms. The van der Waals surface area contributed by atoms with Gasteiger partial charge < -0.3 is 0 Å². The van der Waals surface area contributed by atoms with Crippen molar-refractivity contribution in [3.8, 4) is 0 Å². The maximum absolute atomic E-state index is 4.28. The first kappa shape index (κ1) is 18.5. The molecule has 0 aliphatic heterocycles. The molecule has 140 valence electrons. The Labute approximate surface area is 169 Å². The molecule has 0 radical (unpaired) electrons. The van der Waals surface area contributed by atoms with E-state index >= 15 is 0 Å². The van der Waals surface area contributed by atoms with Crippen LogP contribution in [0.2, 0.25) is 0 Å². The van der Waals surface area contributed by atoms with Crippen molar-refractivity contribution in [3.63, 3.8) is 0 Å². The molecule has 0 N–H and O–H groups in total. The average molecular weight is 365 g/mol. The summed E-state index contributed by atoms with van der Waals surface area (Å²) in [4.78, 5) is 0. The molecule has 0 spiro atoms. The third-order valence-corrected chi connectivity index (χ3v) is 6.07. The Hall–Kier alpha value is -2.86. The van der Waals surface area contributed by atoms with Crippen molar-refractivity contribution < 1.29 is 0 Å². The smallest absolute Gasteiger partial charge is 0.0703 e. The first-order chi connectivity index (χ1) is 13.7. The molecule has 2 aliphatic rings. The van der Waals surface area contributed by atoms with E-state index in [9.17, 15) is 0 Å². The number of aryl methyl sites for hydroxylation is 1. The second-order valence-electron chi connectivity index (χ2n) is 7.76. The third-order valence-electron chi connectivity index (χ3n) is 6.07. The fourth-order valence-corrected chi connectivity index (χ4v) is 4.99. The van der Waals surface area contributed by atoms with Crippen LogP contribution in [0.5, 0.6) is 0 Å². The van der Waals surface area contributed by atoms with E-state index in [-0.39, 0.29) is 5.41 Å². The molecule has 0 saturated carbocycles. The van der Waals surface area contributed by atoms with Crippen LogP contribution in [-0.4, -0.2) is 0 Å². The van der Waals surface area contributed by atoms with Gasteiger partial charge in [-0.2, -0.15) is 0 Å².